The normalized spacial score (nSPS) is 16.5. The van der Waals surface area contributed by atoms with Crippen LogP contribution in [0.3, 0.4) is 0 Å². The molecular formula is C28H32N2O5S. The van der Waals surface area contributed by atoms with Crippen molar-refractivity contribution in [2.75, 3.05) is 18.0 Å². The van der Waals surface area contributed by atoms with E-state index in [2.05, 4.69) is 26.1 Å². The number of carbonyl (C=O) groups is 1. The summed E-state index contributed by atoms with van der Waals surface area (Å²) >= 11 is 0. The van der Waals surface area contributed by atoms with Gasteiger partial charge in [0.1, 0.15) is 11.5 Å². The number of benzene rings is 3. The van der Waals surface area contributed by atoms with Gasteiger partial charge in [-0.25, -0.2) is 8.42 Å². The number of amides is 1. The third kappa shape index (κ3) is 5.04. The molecule has 1 N–H and O–H groups in total. The number of sulfonamides is 1. The molecule has 0 aliphatic carbocycles. The SMILES string of the molecule is COc1ccccc1[C@H](C)NC(=O)[C@@H]1CN(S(=O)(=O)c2ccccc2)c2cc(C(C)(C)C)ccc2O1. The van der Waals surface area contributed by atoms with Gasteiger partial charge in [-0.3, -0.25) is 9.10 Å². The van der Waals surface area contributed by atoms with Crippen LogP contribution in [0, 0.1) is 0 Å². The molecule has 0 aromatic heterocycles. The zero-order valence-electron chi connectivity index (χ0n) is 21.2. The summed E-state index contributed by atoms with van der Waals surface area (Å²) in [5, 5.41) is 2.95. The summed E-state index contributed by atoms with van der Waals surface area (Å²) in [5.41, 5.74) is 2.00. The van der Waals surface area contributed by atoms with E-state index in [1.54, 1.807) is 43.5 Å². The number of methoxy groups -OCH3 is 1. The highest BCUT2D eigenvalue weighted by molar-refractivity contribution is 7.92. The second-order valence-electron chi connectivity index (χ2n) is 9.86. The fourth-order valence-electron chi connectivity index (χ4n) is 4.21. The van der Waals surface area contributed by atoms with E-state index in [4.69, 9.17) is 9.47 Å². The molecule has 190 valence electrons. The molecule has 0 radical (unpaired) electrons. The molecule has 8 heteroatoms. The number of ether oxygens (including phenoxy) is 2. The first-order chi connectivity index (χ1) is 17.0. The van der Waals surface area contributed by atoms with Crippen molar-refractivity contribution in [1.29, 1.82) is 0 Å². The van der Waals surface area contributed by atoms with Gasteiger partial charge in [-0.1, -0.05) is 63.2 Å². The molecule has 1 heterocycles. The Hall–Kier alpha value is -3.52. The lowest BCUT2D eigenvalue weighted by Crippen LogP contribution is -2.51. The highest BCUT2D eigenvalue weighted by Gasteiger charge is 2.38. The van der Waals surface area contributed by atoms with E-state index in [9.17, 15) is 13.2 Å². The monoisotopic (exact) mass is 508 g/mol. The largest absolute Gasteiger partial charge is 0.496 e. The van der Waals surface area contributed by atoms with E-state index in [1.165, 1.54) is 4.31 Å². The first-order valence-electron chi connectivity index (χ1n) is 11.8. The van der Waals surface area contributed by atoms with Crippen molar-refractivity contribution in [3.63, 3.8) is 0 Å². The predicted molar refractivity (Wildman–Crippen MR) is 140 cm³/mol. The van der Waals surface area contributed by atoms with Crippen molar-refractivity contribution in [2.24, 2.45) is 0 Å². The Morgan fingerprint density at radius 3 is 2.39 bits per heavy atom. The van der Waals surface area contributed by atoms with Crippen LogP contribution in [0.15, 0.2) is 77.7 Å². The molecule has 4 rings (SSSR count). The fraction of sp³-hybridized carbons (Fsp3) is 0.321. The van der Waals surface area contributed by atoms with Gasteiger partial charge in [0, 0.05) is 5.56 Å². The van der Waals surface area contributed by atoms with Gasteiger partial charge in [0.15, 0.2) is 6.10 Å². The third-order valence-electron chi connectivity index (χ3n) is 6.28. The number of hydrogen-bond acceptors (Lipinski definition) is 5. The average molecular weight is 509 g/mol. The van der Waals surface area contributed by atoms with Crippen LogP contribution >= 0.6 is 0 Å². The second kappa shape index (κ2) is 9.85. The van der Waals surface area contributed by atoms with Crippen molar-refractivity contribution < 1.29 is 22.7 Å². The summed E-state index contributed by atoms with van der Waals surface area (Å²) in [7, 11) is -2.37. The Morgan fingerprint density at radius 1 is 1.06 bits per heavy atom. The number of rotatable bonds is 6. The minimum absolute atomic E-state index is 0.150. The Kier molecular flexibility index (Phi) is 7.00. The van der Waals surface area contributed by atoms with Crippen LogP contribution in [0.2, 0.25) is 0 Å². The van der Waals surface area contributed by atoms with Crippen molar-refractivity contribution in [3.05, 3.63) is 83.9 Å². The molecule has 3 aromatic rings. The maximum atomic E-state index is 13.7. The number of anilines is 1. The molecule has 2 atom stereocenters. The van der Waals surface area contributed by atoms with Crippen LogP contribution in [0.1, 0.15) is 44.9 Å². The maximum Gasteiger partial charge on any atom is 0.264 e. The lowest BCUT2D eigenvalue weighted by molar-refractivity contribution is -0.128. The van der Waals surface area contributed by atoms with E-state index in [0.717, 1.165) is 11.1 Å². The molecule has 0 saturated heterocycles. The average Bonchev–Trinajstić information content (AvgIpc) is 2.87. The number of para-hydroxylation sites is 1. The molecule has 1 aliphatic rings. The molecule has 36 heavy (non-hydrogen) atoms. The van der Waals surface area contributed by atoms with Crippen LogP contribution in [0.4, 0.5) is 5.69 Å². The zero-order valence-corrected chi connectivity index (χ0v) is 22.0. The van der Waals surface area contributed by atoms with Gasteiger partial charge >= 0.3 is 0 Å². The first-order valence-corrected chi connectivity index (χ1v) is 13.3. The lowest BCUT2D eigenvalue weighted by atomic mass is 9.86. The number of nitrogens with zero attached hydrogens (tertiary/aromatic N) is 1. The van der Waals surface area contributed by atoms with Crippen molar-refractivity contribution >= 4 is 21.6 Å². The van der Waals surface area contributed by atoms with Crippen LogP contribution in [-0.4, -0.2) is 34.1 Å². The van der Waals surface area contributed by atoms with Crippen LogP contribution in [0.25, 0.3) is 0 Å². The van der Waals surface area contributed by atoms with Crippen LogP contribution < -0.4 is 19.1 Å². The summed E-state index contributed by atoms with van der Waals surface area (Å²) in [4.78, 5) is 13.5. The highest BCUT2D eigenvalue weighted by Crippen LogP contribution is 2.40. The van der Waals surface area contributed by atoms with Crippen molar-refractivity contribution in [1.82, 2.24) is 5.32 Å². The van der Waals surface area contributed by atoms with Crippen molar-refractivity contribution in [2.45, 2.75) is 50.2 Å². The summed E-state index contributed by atoms with van der Waals surface area (Å²) < 4.78 is 40.2. The zero-order chi connectivity index (χ0) is 26.1. The standard InChI is InChI=1S/C28H32N2O5S/c1-19(22-13-9-10-14-24(22)34-5)29-27(31)26-18-30(36(32,33)21-11-7-6-8-12-21)23-17-20(28(2,3)4)15-16-25(23)35-26/h6-17,19,26H,18H2,1-5H3,(H,29,31)/t19-,26-/m0/s1. The highest BCUT2D eigenvalue weighted by atomic mass is 32.2. The molecular weight excluding hydrogens is 476 g/mol. The number of carbonyl (C=O) groups excluding carboxylic acids is 1. The Balaban J connectivity index is 1.69. The van der Waals surface area contributed by atoms with E-state index in [0.29, 0.717) is 17.2 Å². The minimum atomic E-state index is -3.94. The molecule has 0 bridgehead atoms. The van der Waals surface area contributed by atoms with Gasteiger partial charge in [-0.2, -0.15) is 0 Å². The first kappa shape index (κ1) is 25.6. The van der Waals surface area contributed by atoms with Gasteiger partial charge in [0.05, 0.1) is 30.3 Å². The summed E-state index contributed by atoms with van der Waals surface area (Å²) in [6.45, 7) is 7.88. The summed E-state index contributed by atoms with van der Waals surface area (Å²) in [6, 6.07) is 20.8. The van der Waals surface area contributed by atoms with E-state index in [-0.39, 0.29) is 22.9 Å². The molecule has 7 nitrogen and oxygen atoms in total. The number of nitrogens with one attached hydrogen (secondary N) is 1. The maximum absolute atomic E-state index is 13.7. The van der Waals surface area contributed by atoms with E-state index < -0.39 is 22.0 Å². The number of fused-ring (bicyclic) bond motifs is 1. The molecule has 0 unspecified atom stereocenters. The molecule has 0 saturated carbocycles. The molecule has 3 aromatic carbocycles. The molecule has 0 spiro atoms. The Morgan fingerprint density at radius 2 is 1.72 bits per heavy atom. The van der Waals surface area contributed by atoms with Crippen LogP contribution in [0.5, 0.6) is 11.5 Å². The summed E-state index contributed by atoms with van der Waals surface area (Å²) in [5.74, 6) is 0.592. The van der Waals surface area contributed by atoms with E-state index in [1.807, 2.05) is 43.3 Å². The quantitative estimate of drug-likeness (QED) is 0.516. The topological polar surface area (TPSA) is 84.9 Å². The molecule has 1 amide bonds. The van der Waals surface area contributed by atoms with Crippen LogP contribution in [-0.2, 0) is 20.2 Å². The Labute approximate surface area is 213 Å². The van der Waals surface area contributed by atoms with Gasteiger partial charge in [0.2, 0.25) is 0 Å². The van der Waals surface area contributed by atoms with Crippen molar-refractivity contribution in [3.8, 4) is 11.5 Å². The van der Waals surface area contributed by atoms with Gasteiger partial charge < -0.3 is 14.8 Å². The van der Waals surface area contributed by atoms with E-state index >= 15 is 0 Å². The Bertz CT molecular complexity index is 1350. The minimum Gasteiger partial charge on any atom is -0.496 e. The molecule has 0 fully saturated rings. The fourth-order valence-corrected chi connectivity index (χ4v) is 5.70. The number of hydrogen-bond donors (Lipinski definition) is 1. The van der Waals surface area contributed by atoms with Gasteiger partial charge in [-0.15, -0.1) is 0 Å². The smallest absolute Gasteiger partial charge is 0.264 e. The lowest BCUT2D eigenvalue weighted by Gasteiger charge is -2.36. The second-order valence-corrected chi connectivity index (χ2v) is 11.7. The summed E-state index contributed by atoms with van der Waals surface area (Å²) in [6.07, 6.45) is -1.03. The van der Waals surface area contributed by atoms with Gasteiger partial charge in [-0.05, 0) is 48.2 Å². The van der Waals surface area contributed by atoms with Gasteiger partial charge in [0.25, 0.3) is 15.9 Å². The predicted octanol–water partition coefficient (Wildman–Crippen LogP) is 4.83. The third-order valence-corrected chi connectivity index (χ3v) is 8.08. The molecule has 1 aliphatic heterocycles.